The standard InChI is InChI=1S/C5H8O6/c6-2(1-3(7)8)4(9)5(10)11/h2,4,6,9H,1H2,(H,7,8)(H,10,11)/p-1. The highest BCUT2D eigenvalue weighted by Crippen LogP contribution is 1.97. The fraction of sp³-hybridized carbons (Fsp3) is 0.600. The molecular weight excluding hydrogens is 156 g/mol. The molecular formula is C5H7O6-. The van der Waals surface area contributed by atoms with Gasteiger partial charge in [-0.15, -0.1) is 0 Å². The predicted molar refractivity (Wildman–Crippen MR) is 29.3 cm³/mol. The molecule has 0 aromatic heterocycles. The van der Waals surface area contributed by atoms with Gasteiger partial charge in [-0.3, -0.25) is 4.79 Å². The SMILES string of the molecule is O=C(O)CC(O)C(O)C(=O)[O-]. The molecule has 0 saturated carbocycles. The molecule has 0 rings (SSSR count). The van der Waals surface area contributed by atoms with Crippen molar-refractivity contribution in [2.75, 3.05) is 0 Å². The van der Waals surface area contributed by atoms with E-state index in [9.17, 15) is 14.7 Å². The summed E-state index contributed by atoms with van der Waals surface area (Å²) in [4.78, 5) is 19.7. The molecule has 2 atom stereocenters. The number of aliphatic hydroxyl groups excluding tert-OH is 2. The molecule has 0 saturated heterocycles. The van der Waals surface area contributed by atoms with Crippen LogP contribution in [-0.2, 0) is 9.59 Å². The zero-order valence-electron chi connectivity index (χ0n) is 5.43. The minimum atomic E-state index is -2.15. The van der Waals surface area contributed by atoms with Crippen LogP contribution in [0.5, 0.6) is 0 Å². The molecule has 2 unspecified atom stereocenters. The van der Waals surface area contributed by atoms with Crippen LogP contribution in [0.15, 0.2) is 0 Å². The number of rotatable bonds is 4. The van der Waals surface area contributed by atoms with E-state index in [-0.39, 0.29) is 0 Å². The normalized spacial score (nSPS) is 15.5. The molecule has 0 radical (unpaired) electrons. The third-order valence-electron chi connectivity index (χ3n) is 0.990. The molecule has 6 heteroatoms. The lowest BCUT2D eigenvalue weighted by Gasteiger charge is -2.15. The van der Waals surface area contributed by atoms with Gasteiger partial charge in [-0.2, -0.15) is 0 Å². The second-order valence-electron chi connectivity index (χ2n) is 1.93. The van der Waals surface area contributed by atoms with E-state index < -0.39 is 30.6 Å². The van der Waals surface area contributed by atoms with E-state index in [2.05, 4.69) is 0 Å². The minimum Gasteiger partial charge on any atom is -0.547 e. The van der Waals surface area contributed by atoms with E-state index in [1.165, 1.54) is 0 Å². The Morgan fingerprint density at radius 2 is 1.82 bits per heavy atom. The lowest BCUT2D eigenvalue weighted by atomic mass is 10.1. The number of carbonyl (C=O) groups excluding carboxylic acids is 1. The summed E-state index contributed by atoms with van der Waals surface area (Å²) in [5.74, 6) is -3.28. The highest BCUT2D eigenvalue weighted by atomic mass is 16.4. The fourth-order valence-corrected chi connectivity index (χ4v) is 0.448. The maximum absolute atomic E-state index is 9.85. The molecule has 0 aliphatic carbocycles. The lowest BCUT2D eigenvalue weighted by Crippen LogP contribution is -2.44. The molecule has 0 aliphatic rings. The van der Waals surface area contributed by atoms with Gasteiger partial charge in [-0.1, -0.05) is 0 Å². The van der Waals surface area contributed by atoms with Gasteiger partial charge in [0.25, 0.3) is 0 Å². The summed E-state index contributed by atoms with van der Waals surface area (Å²) >= 11 is 0. The van der Waals surface area contributed by atoms with Crippen molar-refractivity contribution in [3.63, 3.8) is 0 Å². The summed E-state index contributed by atoms with van der Waals surface area (Å²) in [5, 5.41) is 34.9. The largest absolute Gasteiger partial charge is 0.547 e. The Morgan fingerprint density at radius 1 is 1.36 bits per heavy atom. The Labute approximate surface area is 61.7 Å². The van der Waals surface area contributed by atoms with Gasteiger partial charge in [-0.05, 0) is 0 Å². The molecule has 3 N–H and O–H groups in total. The number of carboxylic acid groups (broad SMARTS) is 2. The van der Waals surface area contributed by atoms with Gasteiger partial charge in [-0.25, -0.2) is 0 Å². The van der Waals surface area contributed by atoms with Crippen LogP contribution in [0.3, 0.4) is 0 Å². The van der Waals surface area contributed by atoms with Crippen LogP contribution in [0.1, 0.15) is 6.42 Å². The Morgan fingerprint density at radius 3 is 2.09 bits per heavy atom. The third kappa shape index (κ3) is 3.54. The van der Waals surface area contributed by atoms with Crippen molar-refractivity contribution in [2.45, 2.75) is 18.6 Å². The zero-order valence-corrected chi connectivity index (χ0v) is 5.43. The first-order valence-corrected chi connectivity index (χ1v) is 2.74. The van der Waals surface area contributed by atoms with Gasteiger partial charge in [0.05, 0.1) is 18.5 Å². The van der Waals surface area contributed by atoms with Crippen LogP contribution in [0.2, 0.25) is 0 Å². The first-order valence-electron chi connectivity index (χ1n) is 2.74. The summed E-state index contributed by atoms with van der Waals surface area (Å²) in [6.45, 7) is 0. The zero-order chi connectivity index (χ0) is 9.02. The highest BCUT2D eigenvalue weighted by Gasteiger charge is 2.19. The summed E-state index contributed by atoms with van der Waals surface area (Å²) in [5.41, 5.74) is 0. The van der Waals surface area contributed by atoms with E-state index in [4.69, 9.17) is 15.3 Å². The van der Waals surface area contributed by atoms with Gasteiger partial charge in [0.2, 0.25) is 0 Å². The summed E-state index contributed by atoms with van der Waals surface area (Å²) < 4.78 is 0. The molecule has 64 valence electrons. The lowest BCUT2D eigenvalue weighted by molar-refractivity contribution is -0.318. The van der Waals surface area contributed by atoms with Crippen LogP contribution in [0.25, 0.3) is 0 Å². The van der Waals surface area contributed by atoms with E-state index >= 15 is 0 Å². The van der Waals surface area contributed by atoms with E-state index in [0.29, 0.717) is 0 Å². The van der Waals surface area contributed by atoms with Gasteiger partial charge < -0.3 is 25.2 Å². The molecule has 0 aliphatic heterocycles. The molecule has 0 heterocycles. The molecule has 0 bridgehead atoms. The monoisotopic (exact) mass is 163 g/mol. The molecule has 0 amide bonds. The van der Waals surface area contributed by atoms with Crippen LogP contribution >= 0.6 is 0 Å². The van der Waals surface area contributed by atoms with Crippen molar-refractivity contribution < 1.29 is 30.0 Å². The van der Waals surface area contributed by atoms with Crippen LogP contribution in [-0.4, -0.2) is 39.5 Å². The fourth-order valence-electron chi connectivity index (χ4n) is 0.448. The van der Waals surface area contributed by atoms with E-state index in [0.717, 1.165) is 0 Å². The molecule has 11 heavy (non-hydrogen) atoms. The Balaban J connectivity index is 3.92. The van der Waals surface area contributed by atoms with Gasteiger partial charge >= 0.3 is 5.97 Å². The molecule has 0 aromatic rings. The molecule has 0 aromatic carbocycles. The first-order chi connectivity index (χ1) is 4.95. The average molecular weight is 163 g/mol. The predicted octanol–water partition coefficient (Wildman–Crippen LogP) is -3.07. The average Bonchev–Trinajstić information content (AvgIpc) is 1.84. The van der Waals surface area contributed by atoms with Crippen molar-refractivity contribution in [1.29, 1.82) is 0 Å². The van der Waals surface area contributed by atoms with Crippen LogP contribution in [0, 0.1) is 0 Å². The Kier molecular flexibility index (Phi) is 3.49. The van der Waals surface area contributed by atoms with E-state index in [1.54, 1.807) is 0 Å². The van der Waals surface area contributed by atoms with Crippen LogP contribution in [0.4, 0.5) is 0 Å². The number of aliphatic hydroxyl groups is 2. The van der Waals surface area contributed by atoms with Gasteiger partial charge in [0, 0.05) is 0 Å². The number of carboxylic acids is 2. The number of hydrogen-bond acceptors (Lipinski definition) is 5. The number of hydrogen-bond donors (Lipinski definition) is 3. The first kappa shape index (κ1) is 9.86. The van der Waals surface area contributed by atoms with Crippen molar-refractivity contribution in [3.8, 4) is 0 Å². The highest BCUT2D eigenvalue weighted by molar-refractivity contribution is 5.73. The summed E-state index contributed by atoms with van der Waals surface area (Å²) in [7, 11) is 0. The Hall–Kier alpha value is -1.14. The van der Waals surface area contributed by atoms with Gasteiger partial charge in [0.1, 0.15) is 6.10 Å². The van der Waals surface area contributed by atoms with Gasteiger partial charge in [0.15, 0.2) is 0 Å². The Bertz CT molecular complexity index is 164. The van der Waals surface area contributed by atoms with Crippen molar-refractivity contribution in [2.24, 2.45) is 0 Å². The maximum atomic E-state index is 9.85. The second kappa shape index (κ2) is 3.89. The summed E-state index contributed by atoms with van der Waals surface area (Å²) in [6.07, 6.45) is -4.79. The quantitative estimate of drug-likeness (QED) is 0.404. The van der Waals surface area contributed by atoms with E-state index in [1.807, 2.05) is 0 Å². The molecule has 6 nitrogen and oxygen atoms in total. The number of carbonyl (C=O) groups is 2. The maximum Gasteiger partial charge on any atom is 0.306 e. The van der Waals surface area contributed by atoms with Crippen LogP contribution < -0.4 is 5.11 Å². The third-order valence-corrected chi connectivity index (χ3v) is 0.990. The molecule has 0 fully saturated rings. The topological polar surface area (TPSA) is 118 Å². The number of aliphatic carboxylic acids is 2. The summed E-state index contributed by atoms with van der Waals surface area (Å²) in [6, 6.07) is 0. The van der Waals surface area contributed by atoms with Crippen molar-refractivity contribution >= 4 is 11.9 Å². The smallest absolute Gasteiger partial charge is 0.306 e. The second-order valence-corrected chi connectivity index (χ2v) is 1.93. The molecule has 0 spiro atoms. The van der Waals surface area contributed by atoms with Crippen molar-refractivity contribution in [3.05, 3.63) is 0 Å². The van der Waals surface area contributed by atoms with Crippen molar-refractivity contribution in [1.82, 2.24) is 0 Å². The minimum absolute atomic E-state index is 0.824.